The van der Waals surface area contributed by atoms with E-state index in [0.717, 1.165) is 5.56 Å². The number of carbonyl (C=O) groups is 1. The molecule has 0 bridgehead atoms. The maximum absolute atomic E-state index is 12.3. The Morgan fingerprint density at radius 2 is 2.04 bits per heavy atom. The van der Waals surface area contributed by atoms with Crippen molar-refractivity contribution < 1.29 is 13.2 Å². The Morgan fingerprint density at radius 1 is 1.29 bits per heavy atom. The van der Waals surface area contributed by atoms with Crippen LogP contribution < -0.4 is 4.72 Å². The summed E-state index contributed by atoms with van der Waals surface area (Å²) in [6.45, 7) is -0.0674. The van der Waals surface area contributed by atoms with E-state index in [2.05, 4.69) is 9.71 Å². The van der Waals surface area contributed by atoms with E-state index in [1.165, 1.54) is 23.1 Å². The molecule has 1 heterocycles. The molecule has 0 aliphatic heterocycles. The van der Waals surface area contributed by atoms with Crippen LogP contribution in [0.2, 0.25) is 0 Å². The zero-order valence-electron chi connectivity index (χ0n) is 13.0. The fraction of sp³-hybridized carbons (Fsp3) is 0.188. The van der Waals surface area contributed by atoms with Crippen LogP contribution in [0.15, 0.2) is 53.7 Å². The summed E-state index contributed by atoms with van der Waals surface area (Å²) in [4.78, 5) is 17.3. The second-order valence-corrected chi connectivity index (χ2v) is 6.78. The van der Waals surface area contributed by atoms with Gasteiger partial charge in [-0.1, -0.05) is 18.2 Å². The Hall–Kier alpha value is -2.76. The number of nitriles is 1. The Morgan fingerprint density at radius 3 is 2.71 bits per heavy atom. The number of nitrogens with one attached hydrogen (secondary N) is 1. The van der Waals surface area contributed by atoms with Crippen molar-refractivity contribution in [2.24, 2.45) is 0 Å². The molecule has 0 unspecified atom stereocenters. The van der Waals surface area contributed by atoms with Crippen molar-refractivity contribution in [3.05, 3.63) is 59.9 Å². The second-order valence-electron chi connectivity index (χ2n) is 5.04. The molecule has 0 radical (unpaired) electrons. The van der Waals surface area contributed by atoms with Crippen molar-refractivity contribution in [3.8, 4) is 6.07 Å². The van der Waals surface area contributed by atoms with E-state index < -0.39 is 22.5 Å². The monoisotopic (exact) mass is 344 g/mol. The first-order chi connectivity index (χ1) is 11.4. The Labute approximate surface area is 140 Å². The van der Waals surface area contributed by atoms with Crippen LogP contribution >= 0.6 is 0 Å². The van der Waals surface area contributed by atoms with Crippen LogP contribution in [0.4, 0.5) is 0 Å². The Balaban J connectivity index is 2.01. The summed E-state index contributed by atoms with van der Waals surface area (Å²) in [6, 6.07) is 11.2. The molecule has 2 aromatic rings. The number of rotatable bonds is 6. The van der Waals surface area contributed by atoms with Gasteiger partial charge in [0.25, 0.3) is 0 Å². The maximum atomic E-state index is 12.3. The first-order valence-electron chi connectivity index (χ1n) is 7.05. The number of nitrogens with zero attached hydrogens (tertiary/aromatic N) is 3. The van der Waals surface area contributed by atoms with Crippen molar-refractivity contribution in [1.82, 2.24) is 14.6 Å². The van der Waals surface area contributed by atoms with Gasteiger partial charge in [0, 0.05) is 26.0 Å². The summed E-state index contributed by atoms with van der Waals surface area (Å²) in [5.74, 6) is -0.392. The highest BCUT2D eigenvalue weighted by molar-refractivity contribution is 7.89. The van der Waals surface area contributed by atoms with E-state index in [1.54, 1.807) is 31.6 Å². The third kappa shape index (κ3) is 4.38. The summed E-state index contributed by atoms with van der Waals surface area (Å²) in [6.07, 6.45) is 3.27. The third-order valence-corrected chi connectivity index (χ3v) is 4.74. The van der Waals surface area contributed by atoms with Crippen molar-refractivity contribution in [2.75, 3.05) is 13.6 Å². The van der Waals surface area contributed by atoms with Gasteiger partial charge in [0.1, 0.15) is 6.07 Å². The summed E-state index contributed by atoms with van der Waals surface area (Å²) in [5.41, 5.74) is 0.868. The molecule has 1 amide bonds. The normalized spacial score (nSPS) is 10.8. The minimum absolute atomic E-state index is 0.0289. The van der Waals surface area contributed by atoms with Gasteiger partial charge in [-0.25, -0.2) is 13.1 Å². The first-order valence-corrected chi connectivity index (χ1v) is 8.54. The molecule has 24 heavy (non-hydrogen) atoms. The van der Waals surface area contributed by atoms with Gasteiger partial charge in [-0.05, 0) is 23.8 Å². The second kappa shape index (κ2) is 7.68. The molecule has 1 aromatic heterocycles. The van der Waals surface area contributed by atoms with E-state index in [0.29, 0.717) is 6.54 Å². The smallest absolute Gasteiger partial charge is 0.242 e. The number of aromatic nitrogens is 1. The number of hydrogen-bond donors (Lipinski definition) is 1. The Bertz CT molecular complexity index is 860. The number of sulfonamides is 1. The van der Waals surface area contributed by atoms with E-state index in [9.17, 15) is 13.2 Å². The molecule has 0 fully saturated rings. The summed E-state index contributed by atoms with van der Waals surface area (Å²) in [7, 11) is -2.36. The molecular formula is C16H16N4O3S. The lowest BCUT2D eigenvalue weighted by molar-refractivity contribution is -0.129. The lowest BCUT2D eigenvalue weighted by atomic mass is 10.2. The zero-order valence-corrected chi connectivity index (χ0v) is 13.8. The molecule has 0 aliphatic carbocycles. The molecule has 0 atom stereocenters. The lowest BCUT2D eigenvalue weighted by Gasteiger charge is -2.17. The van der Waals surface area contributed by atoms with Crippen LogP contribution in [0.3, 0.4) is 0 Å². The predicted octanol–water partition coefficient (Wildman–Crippen LogP) is 0.890. The van der Waals surface area contributed by atoms with Crippen LogP contribution in [0.25, 0.3) is 0 Å². The van der Waals surface area contributed by atoms with Crippen LogP contribution in [0.1, 0.15) is 11.1 Å². The number of pyridine rings is 1. The standard InChI is InChI=1S/C16H16N4O3S/c1-20(12-13-5-4-8-18-10-13)16(21)11-19-24(22,23)15-7-3-2-6-14(15)9-17/h2-8,10,19H,11-12H2,1H3. The van der Waals surface area contributed by atoms with E-state index >= 15 is 0 Å². The van der Waals surface area contributed by atoms with Crippen LogP contribution in [-0.4, -0.2) is 37.8 Å². The number of benzene rings is 1. The van der Waals surface area contributed by atoms with Gasteiger partial charge in [-0.15, -0.1) is 0 Å². The van der Waals surface area contributed by atoms with Gasteiger partial charge in [-0.3, -0.25) is 9.78 Å². The van der Waals surface area contributed by atoms with Gasteiger partial charge in [0.05, 0.1) is 17.0 Å². The highest BCUT2D eigenvalue weighted by atomic mass is 32.2. The number of amides is 1. The van der Waals surface area contributed by atoms with Crippen LogP contribution in [0, 0.1) is 11.3 Å². The summed E-state index contributed by atoms with van der Waals surface area (Å²) >= 11 is 0. The molecule has 1 aromatic carbocycles. The quantitative estimate of drug-likeness (QED) is 0.838. The fourth-order valence-electron chi connectivity index (χ4n) is 2.02. The number of carbonyl (C=O) groups excluding carboxylic acids is 1. The molecule has 124 valence electrons. The zero-order chi connectivity index (χ0) is 17.6. The molecule has 0 spiro atoms. The maximum Gasteiger partial charge on any atom is 0.242 e. The average molecular weight is 344 g/mol. The molecule has 0 aliphatic rings. The fourth-order valence-corrected chi connectivity index (χ4v) is 3.15. The SMILES string of the molecule is CN(Cc1cccnc1)C(=O)CNS(=O)(=O)c1ccccc1C#N. The topological polar surface area (TPSA) is 103 Å². The highest BCUT2D eigenvalue weighted by Gasteiger charge is 2.20. The number of likely N-dealkylation sites (N-methyl/N-ethyl adjacent to an activating group) is 1. The van der Waals surface area contributed by atoms with Gasteiger partial charge in [-0.2, -0.15) is 5.26 Å². The van der Waals surface area contributed by atoms with Crippen molar-refractivity contribution >= 4 is 15.9 Å². The van der Waals surface area contributed by atoms with Crippen LogP contribution in [-0.2, 0) is 21.4 Å². The predicted molar refractivity (Wildman–Crippen MR) is 87.1 cm³/mol. The van der Waals surface area contributed by atoms with Gasteiger partial charge in [0.2, 0.25) is 15.9 Å². The van der Waals surface area contributed by atoms with Crippen molar-refractivity contribution in [2.45, 2.75) is 11.4 Å². The Kier molecular flexibility index (Phi) is 5.63. The van der Waals surface area contributed by atoms with Crippen molar-refractivity contribution in [3.63, 3.8) is 0 Å². The number of hydrogen-bond acceptors (Lipinski definition) is 5. The largest absolute Gasteiger partial charge is 0.340 e. The van der Waals surface area contributed by atoms with E-state index in [4.69, 9.17) is 5.26 Å². The van der Waals surface area contributed by atoms with Crippen molar-refractivity contribution in [1.29, 1.82) is 5.26 Å². The molecule has 7 nitrogen and oxygen atoms in total. The van der Waals surface area contributed by atoms with E-state index in [-0.39, 0.29) is 10.5 Å². The van der Waals surface area contributed by atoms with Gasteiger partial charge >= 0.3 is 0 Å². The summed E-state index contributed by atoms with van der Waals surface area (Å²) < 4.78 is 26.7. The summed E-state index contributed by atoms with van der Waals surface area (Å²) in [5, 5.41) is 8.99. The minimum atomic E-state index is -3.94. The molecular weight excluding hydrogens is 328 g/mol. The van der Waals surface area contributed by atoms with Crippen LogP contribution in [0.5, 0.6) is 0 Å². The molecule has 8 heteroatoms. The lowest BCUT2D eigenvalue weighted by Crippen LogP contribution is -2.38. The first kappa shape index (κ1) is 17.6. The van der Waals surface area contributed by atoms with Gasteiger partial charge < -0.3 is 4.90 Å². The highest BCUT2D eigenvalue weighted by Crippen LogP contribution is 2.13. The van der Waals surface area contributed by atoms with E-state index in [1.807, 2.05) is 12.1 Å². The molecule has 2 rings (SSSR count). The average Bonchev–Trinajstić information content (AvgIpc) is 2.60. The molecule has 1 N–H and O–H groups in total. The molecule has 0 saturated carbocycles. The minimum Gasteiger partial charge on any atom is -0.340 e. The van der Waals surface area contributed by atoms with Gasteiger partial charge in [0.15, 0.2) is 0 Å². The molecule has 0 saturated heterocycles. The third-order valence-electron chi connectivity index (χ3n) is 3.28.